The Morgan fingerprint density at radius 3 is 2.63 bits per heavy atom. The van der Waals surface area contributed by atoms with E-state index in [-0.39, 0.29) is 24.2 Å². The summed E-state index contributed by atoms with van der Waals surface area (Å²) in [7, 11) is 0. The van der Waals surface area contributed by atoms with Gasteiger partial charge in [0.05, 0.1) is 11.3 Å². The molecule has 0 radical (unpaired) electrons. The number of fused-ring (bicyclic) bond motifs is 1. The van der Waals surface area contributed by atoms with Gasteiger partial charge in [0.25, 0.3) is 5.91 Å². The Balaban J connectivity index is 1.46. The van der Waals surface area contributed by atoms with Gasteiger partial charge in [-0.05, 0) is 61.6 Å². The van der Waals surface area contributed by atoms with Crippen LogP contribution in [0.15, 0.2) is 48.7 Å². The molecule has 1 amide bonds. The van der Waals surface area contributed by atoms with Gasteiger partial charge in [-0.3, -0.25) is 4.79 Å². The van der Waals surface area contributed by atoms with Crippen molar-refractivity contribution in [3.8, 4) is 11.5 Å². The lowest BCUT2D eigenvalue weighted by molar-refractivity contribution is 0.0945. The second-order valence-electron chi connectivity index (χ2n) is 9.22. The number of hydrogen-bond donors (Lipinski definition) is 2. The maximum absolute atomic E-state index is 13.4. The number of hydrogen-bond acceptors (Lipinski definition) is 6. The van der Waals surface area contributed by atoms with Gasteiger partial charge in [-0.1, -0.05) is 43.1 Å². The third-order valence-electron chi connectivity index (χ3n) is 6.97. The zero-order valence-corrected chi connectivity index (χ0v) is 20.7. The van der Waals surface area contributed by atoms with Gasteiger partial charge in [0.15, 0.2) is 11.5 Å². The predicted molar refractivity (Wildman–Crippen MR) is 135 cm³/mol. The molecule has 7 nitrogen and oxygen atoms in total. The third-order valence-corrected chi connectivity index (χ3v) is 7.22. The summed E-state index contributed by atoms with van der Waals surface area (Å²) < 4.78 is 10.8. The summed E-state index contributed by atoms with van der Waals surface area (Å²) in [6.07, 6.45) is 5.49. The van der Waals surface area contributed by atoms with Crippen LogP contribution >= 0.6 is 11.6 Å². The smallest absolute Gasteiger partial charge is 0.255 e. The Kier molecular flexibility index (Phi) is 6.52. The van der Waals surface area contributed by atoms with Crippen LogP contribution in [0, 0.1) is 0 Å². The summed E-state index contributed by atoms with van der Waals surface area (Å²) in [5, 5.41) is 7.09. The SMILES string of the molecule is CCC(C)Nc1ncc(C(=O)NCc2ccc3c(c2)OCO3)c(C2(c3ccc(Cl)cc3)CCC2)n1. The van der Waals surface area contributed by atoms with E-state index in [2.05, 4.69) is 29.5 Å². The maximum atomic E-state index is 13.4. The molecule has 1 aromatic heterocycles. The second-order valence-corrected chi connectivity index (χ2v) is 9.66. The minimum absolute atomic E-state index is 0.201. The fourth-order valence-electron chi connectivity index (χ4n) is 4.59. The monoisotopic (exact) mass is 492 g/mol. The summed E-state index contributed by atoms with van der Waals surface area (Å²) in [5.74, 6) is 1.75. The molecule has 2 aliphatic rings. The van der Waals surface area contributed by atoms with Crippen LogP contribution in [0.3, 0.4) is 0 Å². The fourth-order valence-corrected chi connectivity index (χ4v) is 4.72. The highest BCUT2D eigenvalue weighted by atomic mass is 35.5. The van der Waals surface area contributed by atoms with Crippen molar-refractivity contribution in [3.63, 3.8) is 0 Å². The molecular formula is C27H29ClN4O3. The van der Waals surface area contributed by atoms with Gasteiger partial charge in [0, 0.05) is 29.2 Å². The van der Waals surface area contributed by atoms with Crippen LogP contribution < -0.4 is 20.1 Å². The molecule has 8 heteroatoms. The number of aromatic nitrogens is 2. The number of nitrogens with zero attached hydrogens (tertiary/aromatic N) is 2. The molecule has 2 heterocycles. The molecule has 2 aromatic carbocycles. The normalized spacial score (nSPS) is 16.3. The first-order chi connectivity index (χ1) is 17.0. The van der Waals surface area contributed by atoms with Crippen molar-refractivity contribution in [3.05, 3.63) is 76.1 Å². The second kappa shape index (κ2) is 9.74. The Bertz CT molecular complexity index is 1230. The van der Waals surface area contributed by atoms with Crippen LogP contribution in [0.5, 0.6) is 11.5 Å². The summed E-state index contributed by atoms with van der Waals surface area (Å²) in [6, 6.07) is 13.8. The number of anilines is 1. The van der Waals surface area contributed by atoms with Crippen LogP contribution in [0.2, 0.25) is 5.02 Å². The molecule has 0 spiro atoms. The van der Waals surface area contributed by atoms with Gasteiger partial charge < -0.3 is 20.1 Å². The van der Waals surface area contributed by atoms with Gasteiger partial charge in [-0.15, -0.1) is 0 Å². The summed E-state index contributed by atoms with van der Waals surface area (Å²) in [4.78, 5) is 22.9. The first-order valence-corrected chi connectivity index (χ1v) is 12.4. The molecule has 1 aliphatic heterocycles. The van der Waals surface area contributed by atoms with Crippen LogP contribution in [-0.2, 0) is 12.0 Å². The number of ether oxygens (including phenoxy) is 2. The van der Waals surface area contributed by atoms with E-state index in [4.69, 9.17) is 26.1 Å². The number of amides is 1. The number of benzene rings is 2. The van der Waals surface area contributed by atoms with E-state index in [0.29, 0.717) is 28.8 Å². The van der Waals surface area contributed by atoms with Crippen molar-refractivity contribution in [1.29, 1.82) is 0 Å². The lowest BCUT2D eigenvalue weighted by Crippen LogP contribution is -2.39. The number of nitrogens with one attached hydrogen (secondary N) is 2. The van der Waals surface area contributed by atoms with E-state index >= 15 is 0 Å². The lowest BCUT2D eigenvalue weighted by atomic mass is 9.61. The van der Waals surface area contributed by atoms with Crippen LogP contribution in [-0.4, -0.2) is 28.7 Å². The average Bonchev–Trinajstić information content (AvgIpc) is 3.31. The molecule has 1 atom stereocenters. The van der Waals surface area contributed by atoms with Gasteiger partial charge >= 0.3 is 0 Å². The Morgan fingerprint density at radius 2 is 1.91 bits per heavy atom. The predicted octanol–water partition coefficient (Wildman–Crippen LogP) is 5.47. The Hall–Kier alpha value is -3.32. The van der Waals surface area contributed by atoms with Crippen molar-refractivity contribution in [2.24, 2.45) is 0 Å². The molecule has 1 unspecified atom stereocenters. The van der Waals surface area contributed by atoms with Crippen molar-refractivity contribution in [1.82, 2.24) is 15.3 Å². The van der Waals surface area contributed by atoms with Crippen molar-refractivity contribution in [2.75, 3.05) is 12.1 Å². The zero-order valence-electron chi connectivity index (χ0n) is 19.9. The van der Waals surface area contributed by atoms with Crippen molar-refractivity contribution < 1.29 is 14.3 Å². The molecule has 1 fully saturated rings. The Labute approximate surface area is 210 Å². The number of halogens is 1. The Morgan fingerprint density at radius 1 is 1.14 bits per heavy atom. The third kappa shape index (κ3) is 4.65. The highest BCUT2D eigenvalue weighted by Crippen LogP contribution is 2.49. The van der Waals surface area contributed by atoms with E-state index < -0.39 is 0 Å². The molecule has 0 saturated heterocycles. The first kappa shape index (κ1) is 23.4. The highest BCUT2D eigenvalue weighted by molar-refractivity contribution is 6.30. The summed E-state index contributed by atoms with van der Waals surface area (Å²) in [5.41, 5.74) is 2.96. The van der Waals surface area contributed by atoms with Gasteiger partial charge in [0.2, 0.25) is 12.7 Å². The van der Waals surface area contributed by atoms with Crippen LogP contribution in [0.4, 0.5) is 5.95 Å². The number of carbonyl (C=O) groups excluding carboxylic acids is 1. The van der Waals surface area contributed by atoms with E-state index in [0.717, 1.165) is 48.3 Å². The fraction of sp³-hybridized carbons (Fsp3) is 0.370. The minimum Gasteiger partial charge on any atom is -0.454 e. The molecule has 35 heavy (non-hydrogen) atoms. The summed E-state index contributed by atoms with van der Waals surface area (Å²) in [6.45, 7) is 4.77. The highest BCUT2D eigenvalue weighted by Gasteiger charge is 2.44. The minimum atomic E-state index is -0.342. The van der Waals surface area contributed by atoms with Crippen LogP contribution in [0.1, 0.15) is 66.7 Å². The molecule has 1 saturated carbocycles. The lowest BCUT2D eigenvalue weighted by Gasteiger charge is -2.43. The molecular weight excluding hydrogens is 464 g/mol. The quantitative estimate of drug-likeness (QED) is 0.433. The molecule has 3 aromatic rings. The van der Waals surface area contributed by atoms with Gasteiger partial charge in [-0.25, -0.2) is 9.97 Å². The largest absolute Gasteiger partial charge is 0.454 e. The molecule has 5 rings (SSSR count). The molecule has 0 bridgehead atoms. The van der Waals surface area contributed by atoms with Crippen molar-refractivity contribution in [2.45, 2.75) is 57.5 Å². The van der Waals surface area contributed by atoms with E-state index in [1.807, 2.05) is 42.5 Å². The summed E-state index contributed by atoms with van der Waals surface area (Å²) >= 11 is 6.17. The molecule has 1 aliphatic carbocycles. The number of rotatable bonds is 8. The van der Waals surface area contributed by atoms with Crippen LogP contribution in [0.25, 0.3) is 0 Å². The first-order valence-electron chi connectivity index (χ1n) is 12.1. The number of carbonyl (C=O) groups is 1. The van der Waals surface area contributed by atoms with E-state index in [9.17, 15) is 4.79 Å². The van der Waals surface area contributed by atoms with Gasteiger partial charge in [0.1, 0.15) is 0 Å². The molecule has 2 N–H and O–H groups in total. The van der Waals surface area contributed by atoms with E-state index in [1.165, 1.54) is 0 Å². The zero-order chi connectivity index (χ0) is 24.4. The van der Waals surface area contributed by atoms with Gasteiger partial charge in [-0.2, -0.15) is 0 Å². The maximum Gasteiger partial charge on any atom is 0.255 e. The standard InChI is InChI=1S/C27H29ClN4O3/c1-3-17(2)31-26-30-15-21(25(33)29-14-18-5-10-22-23(13-18)35-16-34-22)24(32-26)27(11-4-12-27)19-6-8-20(28)9-7-19/h5-10,13,15,17H,3-4,11-12,14,16H2,1-2H3,(H,29,33)(H,30,31,32). The van der Waals surface area contributed by atoms with E-state index in [1.54, 1.807) is 6.20 Å². The topological polar surface area (TPSA) is 85.4 Å². The van der Waals surface area contributed by atoms with Crippen molar-refractivity contribution >= 4 is 23.5 Å². The average molecular weight is 493 g/mol. The molecule has 182 valence electrons.